The Morgan fingerprint density at radius 3 is 2.67 bits per heavy atom. The van der Waals surface area contributed by atoms with Crippen molar-refractivity contribution in [1.82, 2.24) is 15.2 Å². The zero-order chi connectivity index (χ0) is 12.6. The second kappa shape index (κ2) is 4.85. The molecule has 18 heavy (non-hydrogen) atoms. The molecular weight excluding hydrogens is 341 g/mol. The van der Waals surface area contributed by atoms with E-state index in [2.05, 4.69) is 32.9 Å². The van der Waals surface area contributed by atoms with E-state index in [1.165, 1.54) is 6.42 Å². The highest BCUT2D eigenvalue weighted by Crippen LogP contribution is 2.37. The number of amides is 1. The van der Waals surface area contributed by atoms with Crippen LogP contribution in [0.3, 0.4) is 0 Å². The summed E-state index contributed by atoms with van der Waals surface area (Å²) in [5, 5.41) is 3.45. The summed E-state index contributed by atoms with van der Waals surface area (Å²) in [5.74, 6) is 0.152. The number of piperidine rings is 1. The number of aromatic nitrogens is 1. The molecule has 2 aliphatic rings. The average molecular weight is 359 g/mol. The van der Waals surface area contributed by atoms with Gasteiger partial charge in [0.1, 0.15) is 5.69 Å². The first-order valence-electron chi connectivity index (χ1n) is 6.53. The number of nitrogens with one attached hydrogen (secondary N) is 2. The van der Waals surface area contributed by atoms with Crippen molar-refractivity contribution in [1.29, 1.82) is 0 Å². The highest BCUT2D eigenvalue weighted by molar-refractivity contribution is 14.1. The molecule has 0 bridgehead atoms. The molecule has 0 unspecified atom stereocenters. The van der Waals surface area contributed by atoms with Crippen molar-refractivity contribution in [3.8, 4) is 0 Å². The van der Waals surface area contributed by atoms with Crippen LogP contribution in [-0.4, -0.2) is 42.0 Å². The van der Waals surface area contributed by atoms with Gasteiger partial charge in [0.25, 0.3) is 5.91 Å². The van der Waals surface area contributed by atoms with Crippen molar-refractivity contribution in [2.45, 2.75) is 19.3 Å². The van der Waals surface area contributed by atoms with Gasteiger partial charge < -0.3 is 15.2 Å². The van der Waals surface area contributed by atoms with Crippen LogP contribution in [0.15, 0.2) is 12.3 Å². The van der Waals surface area contributed by atoms with Crippen LogP contribution >= 0.6 is 22.6 Å². The third-order valence-corrected chi connectivity index (χ3v) is 4.94. The second-order valence-corrected chi connectivity index (χ2v) is 6.70. The standard InChI is InChI=1S/C13H18IN3O/c14-10-7-11(16-8-10)12(18)17-5-2-13(3-6-17)1-4-15-9-13/h7-8,15-16H,1-6,9H2. The van der Waals surface area contributed by atoms with Crippen molar-refractivity contribution in [2.75, 3.05) is 26.2 Å². The molecule has 1 spiro atoms. The third kappa shape index (κ3) is 2.30. The van der Waals surface area contributed by atoms with Gasteiger partial charge in [0.15, 0.2) is 0 Å². The SMILES string of the molecule is O=C(c1cc(I)c[nH]1)N1CCC2(CCNC2)CC1. The van der Waals surface area contributed by atoms with Crippen LogP contribution in [-0.2, 0) is 0 Å². The summed E-state index contributed by atoms with van der Waals surface area (Å²) in [7, 11) is 0. The first kappa shape index (κ1) is 12.5. The van der Waals surface area contributed by atoms with E-state index in [0.29, 0.717) is 5.41 Å². The van der Waals surface area contributed by atoms with Crippen molar-refractivity contribution in [3.05, 3.63) is 21.5 Å². The molecule has 3 heterocycles. The molecule has 98 valence electrons. The van der Waals surface area contributed by atoms with Gasteiger partial charge in [-0.05, 0) is 59.9 Å². The number of carbonyl (C=O) groups is 1. The summed E-state index contributed by atoms with van der Waals surface area (Å²) in [4.78, 5) is 17.3. The lowest BCUT2D eigenvalue weighted by atomic mass is 9.78. The van der Waals surface area contributed by atoms with Crippen LogP contribution in [0.1, 0.15) is 29.8 Å². The summed E-state index contributed by atoms with van der Waals surface area (Å²) < 4.78 is 1.09. The molecule has 5 heteroatoms. The van der Waals surface area contributed by atoms with E-state index in [0.717, 1.165) is 48.3 Å². The molecule has 4 nitrogen and oxygen atoms in total. The molecule has 1 aromatic rings. The minimum atomic E-state index is 0.152. The van der Waals surface area contributed by atoms with E-state index in [1.807, 2.05) is 17.2 Å². The van der Waals surface area contributed by atoms with E-state index in [9.17, 15) is 4.79 Å². The molecule has 0 aromatic carbocycles. The Kier molecular flexibility index (Phi) is 3.36. The molecule has 2 saturated heterocycles. The average Bonchev–Trinajstić information content (AvgIpc) is 3.00. The summed E-state index contributed by atoms with van der Waals surface area (Å²) >= 11 is 2.22. The molecular formula is C13H18IN3O. The van der Waals surface area contributed by atoms with E-state index in [-0.39, 0.29) is 5.91 Å². The zero-order valence-electron chi connectivity index (χ0n) is 10.3. The Hall–Kier alpha value is -0.560. The number of hydrogen-bond acceptors (Lipinski definition) is 2. The minimum Gasteiger partial charge on any atom is -0.356 e. The molecule has 2 aliphatic heterocycles. The number of likely N-dealkylation sites (tertiary alicyclic amines) is 1. The number of rotatable bonds is 1. The molecule has 0 saturated carbocycles. The van der Waals surface area contributed by atoms with Crippen LogP contribution in [0.4, 0.5) is 0 Å². The lowest BCUT2D eigenvalue weighted by Gasteiger charge is -2.38. The summed E-state index contributed by atoms with van der Waals surface area (Å²) in [5.41, 5.74) is 1.20. The van der Waals surface area contributed by atoms with Crippen LogP contribution < -0.4 is 5.32 Å². The predicted octanol–water partition coefficient (Wildman–Crippen LogP) is 1.83. The van der Waals surface area contributed by atoms with Gasteiger partial charge >= 0.3 is 0 Å². The number of nitrogens with zero attached hydrogens (tertiary/aromatic N) is 1. The van der Waals surface area contributed by atoms with E-state index in [1.54, 1.807) is 0 Å². The Morgan fingerprint density at radius 2 is 2.11 bits per heavy atom. The summed E-state index contributed by atoms with van der Waals surface area (Å²) in [6.07, 6.45) is 5.43. The van der Waals surface area contributed by atoms with Crippen molar-refractivity contribution in [3.63, 3.8) is 0 Å². The molecule has 2 fully saturated rings. The zero-order valence-corrected chi connectivity index (χ0v) is 12.5. The van der Waals surface area contributed by atoms with Gasteiger partial charge in [0.05, 0.1) is 0 Å². The van der Waals surface area contributed by atoms with E-state index < -0.39 is 0 Å². The Balaban J connectivity index is 1.64. The van der Waals surface area contributed by atoms with Crippen LogP contribution in [0, 0.1) is 8.99 Å². The smallest absolute Gasteiger partial charge is 0.270 e. The number of carbonyl (C=O) groups excluding carboxylic acids is 1. The minimum absolute atomic E-state index is 0.152. The topological polar surface area (TPSA) is 48.1 Å². The summed E-state index contributed by atoms with van der Waals surface area (Å²) in [6.45, 7) is 4.07. The number of hydrogen-bond donors (Lipinski definition) is 2. The third-order valence-electron chi connectivity index (χ3n) is 4.32. The fraction of sp³-hybridized carbons (Fsp3) is 0.615. The van der Waals surface area contributed by atoms with E-state index >= 15 is 0 Å². The van der Waals surface area contributed by atoms with Gasteiger partial charge in [0, 0.05) is 29.4 Å². The Bertz CT molecular complexity index is 441. The predicted molar refractivity (Wildman–Crippen MR) is 78.6 cm³/mol. The molecule has 1 aromatic heterocycles. The van der Waals surface area contributed by atoms with Crippen LogP contribution in [0.25, 0.3) is 0 Å². The van der Waals surface area contributed by atoms with Crippen LogP contribution in [0.2, 0.25) is 0 Å². The quantitative estimate of drug-likeness (QED) is 0.752. The fourth-order valence-corrected chi connectivity index (χ4v) is 3.54. The maximum Gasteiger partial charge on any atom is 0.270 e. The molecule has 0 radical (unpaired) electrons. The van der Waals surface area contributed by atoms with Crippen molar-refractivity contribution in [2.24, 2.45) is 5.41 Å². The Labute approximate surface area is 121 Å². The summed E-state index contributed by atoms with van der Waals surface area (Å²) in [6, 6.07) is 1.92. The molecule has 0 aliphatic carbocycles. The number of halogens is 1. The molecule has 0 atom stereocenters. The number of H-pyrrole nitrogens is 1. The van der Waals surface area contributed by atoms with Gasteiger partial charge in [-0.3, -0.25) is 4.79 Å². The van der Waals surface area contributed by atoms with Gasteiger partial charge in [-0.1, -0.05) is 0 Å². The van der Waals surface area contributed by atoms with Crippen molar-refractivity contribution >= 4 is 28.5 Å². The molecule has 2 N–H and O–H groups in total. The van der Waals surface area contributed by atoms with Gasteiger partial charge in [-0.15, -0.1) is 0 Å². The highest BCUT2D eigenvalue weighted by Gasteiger charge is 2.38. The maximum absolute atomic E-state index is 12.3. The highest BCUT2D eigenvalue weighted by atomic mass is 127. The fourth-order valence-electron chi connectivity index (χ4n) is 3.07. The van der Waals surface area contributed by atoms with E-state index in [4.69, 9.17) is 0 Å². The van der Waals surface area contributed by atoms with Gasteiger partial charge in [-0.25, -0.2) is 0 Å². The monoisotopic (exact) mass is 359 g/mol. The first-order chi connectivity index (χ1) is 8.69. The van der Waals surface area contributed by atoms with Gasteiger partial charge in [-0.2, -0.15) is 0 Å². The normalized spacial score (nSPS) is 22.6. The van der Waals surface area contributed by atoms with Crippen LogP contribution in [0.5, 0.6) is 0 Å². The number of aromatic amines is 1. The van der Waals surface area contributed by atoms with Crippen molar-refractivity contribution < 1.29 is 4.79 Å². The molecule has 3 rings (SSSR count). The second-order valence-electron chi connectivity index (χ2n) is 5.45. The lowest BCUT2D eigenvalue weighted by Crippen LogP contribution is -2.44. The van der Waals surface area contributed by atoms with Gasteiger partial charge in [0.2, 0.25) is 0 Å². The lowest BCUT2D eigenvalue weighted by molar-refractivity contribution is 0.0602. The Morgan fingerprint density at radius 1 is 1.33 bits per heavy atom. The first-order valence-corrected chi connectivity index (χ1v) is 7.60. The largest absolute Gasteiger partial charge is 0.356 e. The molecule has 1 amide bonds. The maximum atomic E-state index is 12.3.